The molecule has 0 aromatic heterocycles. The predicted octanol–water partition coefficient (Wildman–Crippen LogP) is 12.5. The molecule has 1 amide bonds. The third kappa shape index (κ3) is 38.0. The molecule has 0 aliphatic carbocycles. The Bertz CT molecular complexity index is 1290. The molecule has 1 heterocycles. The molecule has 1 saturated heterocycles. The fraction of sp³-hybridized carbons (Fsp3) is 0.828. The molecule has 7 atom stereocenters. The number of carbonyl (C=O) groups excluding carboxylic acids is 2. The highest BCUT2D eigenvalue weighted by Crippen LogP contribution is 2.23. The Hall–Kier alpha value is -2.38. The number of nitrogens with one attached hydrogen (secondary N) is 1. The number of carbonyl (C=O) groups is 2. The maximum Gasteiger partial charge on any atom is 0.305 e. The summed E-state index contributed by atoms with van der Waals surface area (Å²) < 4.78 is 16.6. The Morgan fingerprint density at radius 3 is 1.52 bits per heavy atom. The van der Waals surface area contributed by atoms with Crippen molar-refractivity contribution in [2.75, 3.05) is 19.8 Å². The van der Waals surface area contributed by atoms with Gasteiger partial charge in [-0.3, -0.25) is 9.59 Å². The standard InChI is InChI=1S/C58H105NO10/c1-3-5-7-9-11-13-25-30-34-38-42-46-54(63)67-47-43-39-35-31-27-24-22-20-18-16-14-15-17-19-21-23-26-29-33-37-41-45-53(62)59-50(51(61)44-40-36-32-28-12-10-8-6-4-2)49-68-58-57(66)56(65)55(64)52(48-60)69-58/h9,11,24,27,35,39-40,44,50-52,55-58,60-61,64-66H,3-8,10,12-23,25-26,28-34,36-38,41-43,45-49H2,1-2H3,(H,59,62)/b11-9-,27-24-,39-35-,44-40+. The summed E-state index contributed by atoms with van der Waals surface area (Å²) in [5.74, 6) is -0.250. The molecule has 69 heavy (non-hydrogen) atoms. The number of hydrogen-bond acceptors (Lipinski definition) is 10. The summed E-state index contributed by atoms with van der Waals surface area (Å²) in [4.78, 5) is 24.9. The maximum absolute atomic E-state index is 13.0. The van der Waals surface area contributed by atoms with Crippen molar-refractivity contribution in [2.45, 2.75) is 288 Å². The van der Waals surface area contributed by atoms with Gasteiger partial charge in [-0.2, -0.15) is 0 Å². The number of ether oxygens (including phenoxy) is 3. The molecule has 0 bridgehead atoms. The minimum Gasteiger partial charge on any atom is -0.465 e. The van der Waals surface area contributed by atoms with Crippen LogP contribution in [0.5, 0.6) is 0 Å². The number of allylic oxidation sites excluding steroid dienone is 6. The minimum absolute atomic E-state index is 0.0603. The first-order valence-electron chi connectivity index (χ1n) is 28.4. The highest BCUT2D eigenvalue weighted by Gasteiger charge is 2.44. The van der Waals surface area contributed by atoms with Crippen LogP contribution in [0.3, 0.4) is 0 Å². The Kier molecular flexibility index (Phi) is 44.9. The fourth-order valence-corrected chi connectivity index (χ4v) is 8.61. The molecule has 1 aliphatic heterocycles. The number of esters is 1. The number of hydrogen-bond donors (Lipinski definition) is 6. The van der Waals surface area contributed by atoms with Crippen LogP contribution in [0.2, 0.25) is 0 Å². The van der Waals surface area contributed by atoms with Gasteiger partial charge < -0.3 is 45.1 Å². The lowest BCUT2D eigenvalue weighted by atomic mass is 9.99. The average Bonchev–Trinajstić information content (AvgIpc) is 3.34. The van der Waals surface area contributed by atoms with Crippen LogP contribution >= 0.6 is 0 Å². The lowest BCUT2D eigenvalue weighted by Gasteiger charge is -2.40. The molecule has 1 rings (SSSR count). The number of rotatable bonds is 48. The summed E-state index contributed by atoms with van der Waals surface area (Å²) in [6, 6.07) is -0.813. The molecule has 11 heteroatoms. The van der Waals surface area contributed by atoms with Crippen LogP contribution in [0.15, 0.2) is 48.6 Å². The summed E-state index contributed by atoms with van der Waals surface area (Å²) in [5.41, 5.74) is 0. The van der Waals surface area contributed by atoms with Crippen molar-refractivity contribution in [3.8, 4) is 0 Å². The number of aliphatic hydroxyl groups excluding tert-OH is 5. The molecule has 402 valence electrons. The molecule has 0 aromatic carbocycles. The van der Waals surface area contributed by atoms with Crippen molar-refractivity contribution >= 4 is 11.9 Å². The van der Waals surface area contributed by atoms with E-state index in [-0.39, 0.29) is 18.5 Å². The first kappa shape index (κ1) is 64.6. The summed E-state index contributed by atoms with van der Waals surface area (Å²) >= 11 is 0. The van der Waals surface area contributed by atoms with Gasteiger partial charge in [0.2, 0.25) is 5.91 Å². The lowest BCUT2D eigenvalue weighted by Crippen LogP contribution is -2.60. The number of unbranched alkanes of at least 4 members (excludes halogenated alkanes) is 28. The molecular weight excluding hydrogens is 871 g/mol. The summed E-state index contributed by atoms with van der Waals surface area (Å²) in [6.07, 6.45) is 49.4. The van der Waals surface area contributed by atoms with Crippen molar-refractivity contribution in [1.82, 2.24) is 5.32 Å². The van der Waals surface area contributed by atoms with Crippen LogP contribution in [0.1, 0.15) is 245 Å². The fourth-order valence-electron chi connectivity index (χ4n) is 8.61. The van der Waals surface area contributed by atoms with Crippen molar-refractivity contribution in [1.29, 1.82) is 0 Å². The summed E-state index contributed by atoms with van der Waals surface area (Å²) in [5, 5.41) is 54.2. The molecule has 0 saturated carbocycles. The van der Waals surface area contributed by atoms with Crippen molar-refractivity contribution < 1.29 is 49.3 Å². The van der Waals surface area contributed by atoms with Gasteiger partial charge in [0, 0.05) is 12.8 Å². The van der Waals surface area contributed by atoms with E-state index in [4.69, 9.17) is 14.2 Å². The van der Waals surface area contributed by atoms with Gasteiger partial charge in [-0.1, -0.05) is 210 Å². The van der Waals surface area contributed by atoms with Crippen LogP contribution in [-0.2, 0) is 23.8 Å². The largest absolute Gasteiger partial charge is 0.465 e. The summed E-state index contributed by atoms with van der Waals surface area (Å²) in [6.45, 7) is 4.15. The molecule has 0 radical (unpaired) electrons. The normalized spacial score (nSPS) is 19.7. The van der Waals surface area contributed by atoms with E-state index in [9.17, 15) is 35.1 Å². The van der Waals surface area contributed by atoms with Crippen molar-refractivity contribution in [2.24, 2.45) is 0 Å². The van der Waals surface area contributed by atoms with Gasteiger partial charge in [-0.05, 0) is 70.6 Å². The van der Waals surface area contributed by atoms with Crippen molar-refractivity contribution in [3.63, 3.8) is 0 Å². The Balaban J connectivity index is 2.07. The highest BCUT2D eigenvalue weighted by atomic mass is 16.7. The monoisotopic (exact) mass is 976 g/mol. The average molecular weight is 976 g/mol. The molecule has 7 unspecified atom stereocenters. The predicted molar refractivity (Wildman–Crippen MR) is 283 cm³/mol. The second kappa shape index (κ2) is 47.9. The molecule has 1 fully saturated rings. The molecule has 1 aliphatic rings. The van der Waals surface area contributed by atoms with E-state index in [1.165, 1.54) is 148 Å². The van der Waals surface area contributed by atoms with Crippen LogP contribution in [-0.4, -0.2) is 100 Å². The topological polar surface area (TPSA) is 175 Å². The molecule has 6 N–H and O–H groups in total. The highest BCUT2D eigenvalue weighted by molar-refractivity contribution is 5.76. The van der Waals surface area contributed by atoms with Crippen LogP contribution < -0.4 is 5.32 Å². The zero-order valence-corrected chi connectivity index (χ0v) is 44.0. The van der Waals surface area contributed by atoms with Gasteiger partial charge in [0.15, 0.2) is 6.29 Å². The van der Waals surface area contributed by atoms with Crippen LogP contribution in [0.4, 0.5) is 0 Å². The second-order valence-corrected chi connectivity index (χ2v) is 19.6. The smallest absolute Gasteiger partial charge is 0.305 e. The molecular formula is C58H105NO10. The van der Waals surface area contributed by atoms with Gasteiger partial charge >= 0.3 is 5.97 Å². The Morgan fingerprint density at radius 2 is 0.986 bits per heavy atom. The third-order valence-electron chi connectivity index (χ3n) is 13.2. The minimum atomic E-state index is -1.57. The second-order valence-electron chi connectivity index (χ2n) is 19.6. The van der Waals surface area contributed by atoms with Crippen LogP contribution in [0.25, 0.3) is 0 Å². The van der Waals surface area contributed by atoms with Crippen molar-refractivity contribution in [3.05, 3.63) is 48.6 Å². The Morgan fingerprint density at radius 1 is 0.536 bits per heavy atom. The quantitative estimate of drug-likeness (QED) is 0.0196. The number of aliphatic hydroxyl groups is 5. The van der Waals surface area contributed by atoms with E-state index < -0.39 is 49.5 Å². The SMILES string of the molecule is CCCC/C=C\CCCCCCCC(=O)OCC/C=C\C/C=C\CCCCCCCCCCCCCCCCC(=O)NC(COC1OC(CO)C(O)C(O)C1O)C(O)/C=C/CCCCCCCCC. The lowest BCUT2D eigenvalue weighted by molar-refractivity contribution is -0.302. The van der Waals surface area contributed by atoms with E-state index in [0.717, 1.165) is 70.6 Å². The maximum atomic E-state index is 13.0. The zero-order chi connectivity index (χ0) is 50.3. The molecule has 0 spiro atoms. The first-order valence-corrected chi connectivity index (χ1v) is 28.4. The molecule has 0 aromatic rings. The summed E-state index contributed by atoms with van der Waals surface area (Å²) in [7, 11) is 0. The zero-order valence-electron chi connectivity index (χ0n) is 44.0. The van der Waals surface area contributed by atoms with E-state index in [1.54, 1.807) is 6.08 Å². The third-order valence-corrected chi connectivity index (χ3v) is 13.2. The Labute approximate surface area is 421 Å². The first-order chi connectivity index (χ1) is 33.7. The van der Waals surface area contributed by atoms with Gasteiger partial charge in [0.25, 0.3) is 0 Å². The van der Waals surface area contributed by atoms with Gasteiger partial charge in [0.1, 0.15) is 24.4 Å². The van der Waals surface area contributed by atoms with Crippen LogP contribution in [0, 0.1) is 0 Å². The van der Waals surface area contributed by atoms with E-state index in [1.807, 2.05) is 6.08 Å². The van der Waals surface area contributed by atoms with Gasteiger partial charge in [-0.25, -0.2) is 0 Å². The van der Waals surface area contributed by atoms with E-state index >= 15 is 0 Å². The number of amides is 1. The molecule has 11 nitrogen and oxygen atoms in total. The van der Waals surface area contributed by atoms with Gasteiger partial charge in [0.05, 0.1) is 32.0 Å². The van der Waals surface area contributed by atoms with E-state index in [2.05, 4.69) is 55.6 Å². The van der Waals surface area contributed by atoms with Gasteiger partial charge in [-0.15, -0.1) is 0 Å². The van der Waals surface area contributed by atoms with E-state index in [0.29, 0.717) is 19.4 Å².